The van der Waals surface area contributed by atoms with Crippen molar-refractivity contribution in [3.05, 3.63) is 59.4 Å². The fourth-order valence-corrected chi connectivity index (χ4v) is 2.44. The lowest BCUT2D eigenvalue weighted by atomic mass is 10.1. The minimum atomic E-state index is -0.252. The van der Waals surface area contributed by atoms with Crippen LogP contribution < -0.4 is 11.1 Å². The predicted molar refractivity (Wildman–Crippen MR) is 84.6 cm³/mol. The highest BCUT2D eigenvalue weighted by molar-refractivity contribution is 8.00. The van der Waals surface area contributed by atoms with Gasteiger partial charge in [0.1, 0.15) is 5.82 Å². The Morgan fingerprint density at radius 2 is 1.95 bits per heavy atom. The average molecular weight is 304 g/mol. The molecule has 0 saturated carbocycles. The van der Waals surface area contributed by atoms with Crippen LogP contribution in [0.1, 0.15) is 11.1 Å². The van der Waals surface area contributed by atoms with E-state index in [2.05, 4.69) is 5.32 Å². The van der Waals surface area contributed by atoms with Crippen LogP contribution in [0.2, 0.25) is 0 Å². The van der Waals surface area contributed by atoms with E-state index in [9.17, 15) is 9.18 Å². The number of hydrogen-bond acceptors (Lipinski definition) is 3. The number of thioether (sulfide) groups is 1. The van der Waals surface area contributed by atoms with Gasteiger partial charge in [-0.1, -0.05) is 12.1 Å². The van der Waals surface area contributed by atoms with Crippen molar-refractivity contribution in [3.8, 4) is 0 Å². The molecule has 0 aromatic heterocycles. The number of nitrogen functional groups attached to an aromatic ring is 1. The Morgan fingerprint density at radius 3 is 2.62 bits per heavy atom. The van der Waals surface area contributed by atoms with Gasteiger partial charge in [-0.15, -0.1) is 11.8 Å². The summed E-state index contributed by atoms with van der Waals surface area (Å²) in [4.78, 5) is 12.7. The number of nitrogens with one attached hydrogen (secondary N) is 1. The Morgan fingerprint density at radius 1 is 1.24 bits per heavy atom. The first kappa shape index (κ1) is 15.4. The normalized spacial score (nSPS) is 10.4. The molecule has 0 aliphatic rings. The van der Waals surface area contributed by atoms with Gasteiger partial charge in [-0.3, -0.25) is 4.79 Å². The van der Waals surface area contributed by atoms with E-state index in [4.69, 9.17) is 5.73 Å². The van der Waals surface area contributed by atoms with Crippen LogP contribution in [0.5, 0.6) is 0 Å². The Balaban J connectivity index is 1.79. The molecule has 21 heavy (non-hydrogen) atoms. The number of rotatable bonds is 5. The molecule has 0 aliphatic carbocycles. The van der Waals surface area contributed by atoms with Crippen molar-refractivity contribution < 1.29 is 9.18 Å². The smallest absolute Gasteiger partial charge is 0.230 e. The summed E-state index contributed by atoms with van der Waals surface area (Å²) in [6.45, 7) is 2.04. The number of carbonyl (C=O) groups is 1. The molecule has 2 aromatic carbocycles. The maximum Gasteiger partial charge on any atom is 0.230 e. The maximum absolute atomic E-state index is 13.4. The van der Waals surface area contributed by atoms with Crippen molar-refractivity contribution in [1.29, 1.82) is 0 Å². The van der Waals surface area contributed by atoms with Crippen LogP contribution in [0.3, 0.4) is 0 Å². The molecule has 1 amide bonds. The lowest BCUT2D eigenvalue weighted by molar-refractivity contribution is -0.118. The van der Waals surface area contributed by atoms with E-state index in [0.717, 1.165) is 10.5 Å². The number of nitrogens with two attached hydrogens (primary N) is 1. The predicted octanol–water partition coefficient (Wildman–Crippen LogP) is 3.12. The number of carbonyl (C=O) groups excluding carboxylic acids is 1. The summed E-state index contributed by atoms with van der Waals surface area (Å²) >= 11 is 1.44. The zero-order valence-corrected chi connectivity index (χ0v) is 12.5. The summed E-state index contributed by atoms with van der Waals surface area (Å²) in [5, 5.41) is 2.78. The number of aryl methyl sites for hydroxylation is 1. The fourth-order valence-electron chi connectivity index (χ4n) is 1.71. The van der Waals surface area contributed by atoms with Crippen molar-refractivity contribution in [2.24, 2.45) is 0 Å². The highest BCUT2D eigenvalue weighted by Crippen LogP contribution is 2.18. The van der Waals surface area contributed by atoms with Gasteiger partial charge in [0, 0.05) is 17.1 Å². The van der Waals surface area contributed by atoms with Crippen LogP contribution in [0.15, 0.2) is 47.4 Å². The first-order chi connectivity index (χ1) is 10.0. The minimum Gasteiger partial charge on any atom is -0.399 e. The average Bonchev–Trinajstić information content (AvgIpc) is 2.48. The van der Waals surface area contributed by atoms with Gasteiger partial charge in [0.25, 0.3) is 0 Å². The molecule has 2 rings (SSSR count). The number of amides is 1. The highest BCUT2D eigenvalue weighted by atomic mass is 32.2. The van der Waals surface area contributed by atoms with Crippen LogP contribution in [0, 0.1) is 12.7 Å². The maximum atomic E-state index is 13.4. The summed E-state index contributed by atoms with van der Waals surface area (Å²) in [7, 11) is 0. The van der Waals surface area contributed by atoms with Crippen molar-refractivity contribution in [2.45, 2.75) is 18.4 Å². The van der Waals surface area contributed by atoms with Crippen LogP contribution in [0.4, 0.5) is 10.1 Å². The lowest BCUT2D eigenvalue weighted by Crippen LogP contribution is -2.24. The zero-order valence-electron chi connectivity index (χ0n) is 11.7. The molecule has 2 aromatic rings. The molecular formula is C16H17FN2OS. The molecule has 110 valence electrons. The molecule has 0 atom stereocenters. The number of benzene rings is 2. The first-order valence-corrected chi connectivity index (χ1v) is 7.53. The number of halogens is 1. The van der Waals surface area contributed by atoms with Gasteiger partial charge < -0.3 is 11.1 Å². The van der Waals surface area contributed by atoms with Gasteiger partial charge in [-0.2, -0.15) is 0 Å². The fraction of sp³-hybridized carbons (Fsp3) is 0.188. The summed E-state index contributed by atoms with van der Waals surface area (Å²) in [6.07, 6.45) is 0. The monoisotopic (exact) mass is 304 g/mol. The summed E-state index contributed by atoms with van der Waals surface area (Å²) in [5.41, 5.74) is 7.65. The Bertz CT molecular complexity index is 629. The summed E-state index contributed by atoms with van der Waals surface area (Å²) < 4.78 is 13.4. The van der Waals surface area contributed by atoms with E-state index < -0.39 is 0 Å². The third-order valence-corrected chi connectivity index (χ3v) is 3.99. The highest BCUT2D eigenvalue weighted by Gasteiger charge is 2.04. The van der Waals surface area contributed by atoms with E-state index in [1.54, 1.807) is 25.1 Å². The quantitative estimate of drug-likeness (QED) is 0.659. The second-order valence-corrected chi connectivity index (χ2v) is 5.77. The van der Waals surface area contributed by atoms with Crippen molar-refractivity contribution in [2.75, 3.05) is 11.5 Å². The Labute approximate surface area is 127 Å². The van der Waals surface area contributed by atoms with Crippen molar-refractivity contribution >= 4 is 23.4 Å². The lowest BCUT2D eigenvalue weighted by Gasteiger charge is -2.06. The number of anilines is 1. The Hall–Kier alpha value is -2.01. The summed E-state index contributed by atoms with van der Waals surface area (Å²) in [6, 6.07) is 12.3. The minimum absolute atomic E-state index is 0.0854. The molecule has 0 unspecified atom stereocenters. The molecule has 3 nitrogen and oxygen atoms in total. The largest absolute Gasteiger partial charge is 0.399 e. The molecule has 0 aliphatic heterocycles. The topological polar surface area (TPSA) is 55.1 Å². The van der Waals surface area contributed by atoms with Gasteiger partial charge in [-0.05, 0) is 48.4 Å². The zero-order chi connectivity index (χ0) is 15.2. The third kappa shape index (κ3) is 4.79. The van der Waals surface area contributed by atoms with E-state index >= 15 is 0 Å². The first-order valence-electron chi connectivity index (χ1n) is 6.54. The molecule has 0 fully saturated rings. The molecule has 0 heterocycles. The molecule has 5 heteroatoms. The second-order valence-electron chi connectivity index (χ2n) is 4.72. The Kier molecular flexibility index (Phi) is 5.22. The number of hydrogen-bond donors (Lipinski definition) is 2. The van der Waals surface area contributed by atoms with Gasteiger partial charge in [0.2, 0.25) is 5.91 Å². The SMILES string of the molecule is Cc1ccc(CNC(=O)CSc2ccc(N)cc2)cc1F. The van der Waals surface area contributed by atoms with Crippen LogP contribution >= 0.6 is 11.8 Å². The molecule has 0 saturated heterocycles. The van der Waals surface area contributed by atoms with Crippen LogP contribution in [-0.2, 0) is 11.3 Å². The van der Waals surface area contributed by atoms with E-state index in [1.165, 1.54) is 17.8 Å². The van der Waals surface area contributed by atoms with Crippen molar-refractivity contribution in [3.63, 3.8) is 0 Å². The summed E-state index contributed by atoms with van der Waals surface area (Å²) in [5.74, 6) is -0.0195. The van der Waals surface area contributed by atoms with E-state index in [1.807, 2.05) is 18.2 Å². The van der Waals surface area contributed by atoms with Gasteiger partial charge in [0.05, 0.1) is 5.75 Å². The van der Waals surface area contributed by atoms with Crippen LogP contribution in [-0.4, -0.2) is 11.7 Å². The third-order valence-electron chi connectivity index (χ3n) is 2.98. The molecular weight excluding hydrogens is 287 g/mol. The van der Waals surface area contributed by atoms with E-state index in [-0.39, 0.29) is 11.7 Å². The molecule has 3 N–H and O–H groups in total. The molecule has 0 spiro atoms. The van der Waals surface area contributed by atoms with Crippen LogP contribution in [0.25, 0.3) is 0 Å². The molecule has 0 radical (unpaired) electrons. The van der Waals surface area contributed by atoms with Gasteiger partial charge in [0.15, 0.2) is 0 Å². The molecule has 0 bridgehead atoms. The standard InChI is InChI=1S/C16H17FN2OS/c1-11-2-3-12(8-15(11)17)9-19-16(20)10-21-14-6-4-13(18)5-7-14/h2-8H,9-10,18H2,1H3,(H,19,20). The van der Waals surface area contributed by atoms with Gasteiger partial charge >= 0.3 is 0 Å². The van der Waals surface area contributed by atoms with E-state index in [0.29, 0.717) is 23.5 Å². The van der Waals surface area contributed by atoms with Gasteiger partial charge in [-0.25, -0.2) is 4.39 Å². The van der Waals surface area contributed by atoms with Crippen molar-refractivity contribution in [1.82, 2.24) is 5.32 Å². The second kappa shape index (κ2) is 7.13.